The van der Waals surface area contributed by atoms with Crippen molar-refractivity contribution in [3.05, 3.63) is 142 Å². The van der Waals surface area contributed by atoms with Gasteiger partial charge in [-0.2, -0.15) is 0 Å². The summed E-state index contributed by atoms with van der Waals surface area (Å²) < 4.78 is 0. The van der Waals surface area contributed by atoms with Crippen molar-refractivity contribution in [2.45, 2.75) is 297 Å². The summed E-state index contributed by atoms with van der Waals surface area (Å²) in [5.41, 5.74) is 11.2. The predicted molar refractivity (Wildman–Crippen MR) is 354 cm³/mol. The van der Waals surface area contributed by atoms with Crippen LogP contribution in [0.3, 0.4) is 0 Å². The van der Waals surface area contributed by atoms with E-state index in [2.05, 4.69) is 131 Å². The second-order valence-electron chi connectivity index (χ2n) is 24.9. The molecule has 0 N–H and O–H groups in total. The van der Waals surface area contributed by atoms with Gasteiger partial charge in [0.2, 0.25) is 0 Å². The highest BCUT2D eigenvalue weighted by Crippen LogP contribution is 2.50. The Hall–Kier alpha value is -4.41. The molecule has 0 fully saturated rings. The van der Waals surface area contributed by atoms with E-state index < -0.39 is 0 Å². The van der Waals surface area contributed by atoms with E-state index in [1.165, 1.54) is 268 Å². The maximum atomic E-state index is 15.6. The molecule has 5 rings (SSSR count). The molecule has 0 spiro atoms. The van der Waals surface area contributed by atoms with E-state index in [1.54, 1.807) is 0 Å². The average molecular weight is 1080 g/mol. The number of carbonyl (C=O) groups is 1. The van der Waals surface area contributed by atoms with Crippen LogP contribution >= 0.6 is 0 Å². The number of hydrogen-bond acceptors (Lipinski definition) is 1. The second kappa shape index (κ2) is 42.4. The first kappa shape index (κ1) is 66.4. The Morgan fingerprint density at radius 1 is 0.312 bits per heavy atom. The van der Waals surface area contributed by atoms with Gasteiger partial charge in [-0.15, -0.1) is 6.42 Å². The standard InChI is InChI=1S/C79H116O/c1-6-11-15-19-23-27-29-33-37-42-49-67(47-40-35-31-25-21-17-13-8-3)63-69-55-59-72(60-56-69)77-75(71-52-44-39-45-53-71)76(74-54-46-51-66(10-5)65-74)78(79(77)80)73-61-57-70(58-62-73)64-68(48-41-36-32-26-22-18-14-9-4)50-43-38-34-30-28-24-20-16-12-7-2/h5,39,44-46,51-62,65,67-68H,6-9,11-38,40-43,47-50,63-64H2,1-4H3. The van der Waals surface area contributed by atoms with Gasteiger partial charge in [0.25, 0.3) is 0 Å². The SMILES string of the molecule is C#Cc1cccc(C2=C(c3ccc(CC(CCCCCCCCCC)CCCCCCCCCCCC)cc3)C(=O)C(c3ccc(CC(CCCCCCCCCC)CCCCCCCCCCCC)cc3)=C2c2ccccc2)c1. The summed E-state index contributed by atoms with van der Waals surface area (Å²) in [5.74, 6) is 4.41. The van der Waals surface area contributed by atoms with Crippen molar-refractivity contribution in [2.24, 2.45) is 11.8 Å². The molecular weight excluding hydrogens is 965 g/mol. The summed E-state index contributed by atoms with van der Waals surface area (Å²) in [6.45, 7) is 9.24. The van der Waals surface area contributed by atoms with Crippen molar-refractivity contribution in [1.82, 2.24) is 0 Å². The van der Waals surface area contributed by atoms with Gasteiger partial charge in [0.1, 0.15) is 0 Å². The van der Waals surface area contributed by atoms with Crippen LogP contribution in [0.15, 0.2) is 103 Å². The minimum Gasteiger partial charge on any atom is -0.289 e. The van der Waals surface area contributed by atoms with Gasteiger partial charge in [0.05, 0.1) is 0 Å². The number of carbonyl (C=O) groups excluding carboxylic acids is 1. The Morgan fingerprint density at radius 2 is 0.600 bits per heavy atom. The molecular formula is C79H116O. The highest BCUT2D eigenvalue weighted by atomic mass is 16.1. The molecule has 0 aliphatic heterocycles. The van der Waals surface area contributed by atoms with Crippen LogP contribution in [0.4, 0.5) is 0 Å². The van der Waals surface area contributed by atoms with Gasteiger partial charge in [0.15, 0.2) is 5.78 Å². The number of Topliss-reactive ketones (excluding diaryl/α,β-unsaturated/α-hetero) is 1. The third-order valence-electron chi connectivity index (χ3n) is 18.0. The van der Waals surface area contributed by atoms with Gasteiger partial charge in [-0.1, -0.05) is 381 Å². The fourth-order valence-electron chi connectivity index (χ4n) is 13.1. The smallest absolute Gasteiger partial charge is 0.195 e. The van der Waals surface area contributed by atoms with Crippen LogP contribution in [0.5, 0.6) is 0 Å². The first-order chi connectivity index (χ1) is 39.5. The summed E-state index contributed by atoms with van der Waals surface area (Å²) in [4.78, 5) is 15.6. The summed E-state index contributed by atoms with van der Waals surface area (Å²) in [6, 6.07) is 37.4. The lowest BCUT2D eigenvalue weighted by Gasteiger charge is -2.18. The van der Waals surface area contributed by atoms with Gasteiger partial charge < -0.3 is 0 Å². The number of hydrogen-bond donors (Lipinski definition) is 0. The molecule has 1 nitrogen and oxygen atoms in total. The molecule has 0 heterocycles. The lowest BCUT2D eigenvalue weighted by atomic mass is 9.87. The number of terminal acetylenes is 1. The maximum Gasteiger partial charge on any atom is 0.195 e. The highest BCUT2D eigenvalue weighted by Gasteiger charge is 2.35. The lowest BCUT2D eigenvalue weighted by Crippen LogP contribution is -2.07. The van der Waals surface area contributed by atoms with Crippen molar-refractivity contribution in [1.29, 1.82) is 0 Å². The van der Waals surface area contributed by atoms with Crippen molar-refractivity contribution in [3.63, 3.8) is 0 Å². The van der Waals surface area contributed by atoms with Crippen molar-refractivity contribution in [3.8, 4) is 12.3 Å². The summed E-state index contributed by atoms with van der Waals surface area (Å²) in [5, 5.41) is 0. The average Bonchev–Trinajstić information content (AvgIpc) is 3.80. The van der Waals surface area contributed by atoms with Gasteiger partial charge in [-0.3, -0.25) is 4.79 Å². The minimum absolute atomic E-state index is 0.104. The third kappa shape index (κ3) is 25.4. The van der Waals surface area contributed by atoms with Crippen molar-refractivity contribution in [2.75, 3.05) is 0 Å². The largest absolute Gasteiger partial charge is 0.289 e. The van der Waals surface area contributed by atoms with E-state index in [0.717, 1.165) is 63.0 Å². The van der Waals surface area contributed by atoms with Crippen LogP contribution in [-0.2, 0) is 17.6 Å². The van der Waals surface area contributed by atoms with Crippen LogP contribution in [0.1, 0.15) is 323 Å². The van der Waals surface area contributed by atoms with E-state index >= 15 is 4.79 Å². The first-order valence-electron chi connectivity index (χ1n) is 34.4. The van der Waals surface area contributed by atoms with E-state index in [1.807, 2.05) is 6.07 Å². The number of benzene rings is 4. The number of rotatable bonds is 48. The zero-order valence-corrected chi connectivity index (χ0v) is 52.2. The fraction of sp³-hybridized carbons (Fsp3) is 0.608. The molecule has 0 saturated carbocycles. The number of allylic oxidation sites excluding steroid dienone is 4. The predicted octanol–water partition coefficient (Wildman–Crippen LogP) is 24.8. The van der Waals surface area contributed by atoms with E-state index in [9.17, 15) is 0 Å². The molecule has 80 heavy (non-hydrogen) atoms. The van der Waals surface area contributed by atoms with Crippen LogP contribution in [0, 0.1) is 24.2 Å². The first-order valence-corrected chi connectivity index (χ1v) is 34.4. The Bertz CT molecular complexity index is 2320. The van der Waals surface area contributed by atoms with Crippen LogP contribution < -0.4 is 0 Å². The molecule has 438 valence electrons. The quantitative estimate of drug-likeness (QED) is 0.0318. The molecule has 4 aromatic carbocycles. The Kier molecular flexibility index (Phi) is 35.2. The molecule has 2 unspecified atom stereocenters. The molecule has 1 aliphatic carbocycles. The van der Waals surface area contributed by atoms with E-state index in [-0.39, 0.29) is 5.78 Å². The van der Waals surface area contributed by atoms with Crippen molar-refractivity contribution >= 4 is 28.1 Å². The third-order valence-corrected chi connectivity index (χ3v) is 18.0. The molecule has 0 amide bonds. The minimum atomic E-state index is 0.104. The zero-order chi connectivity index (χ0) is 56.5. The Morgan fingerprint density at radius 3 is 0.925 bits per heavy atom. The van der Waals surface area contributed by atoms with Gasteiger partial charge in [-0.25, -0.2) is 0 Å². The van der Waals surface area contributed by atoms with E-state index in [4.69, 9.17) is 6.42 Å². The molecule has 1 aliphatic rings. The molecule has 0 saturated heterocycles. The molecule has 0 radical (unpaired) electrons. The van der Waals surface area contributed by atoms with Crippen molar-refractivity contribution < 1.29 is 4.79 Å². The number of unbranched alkanes of at least 4 members (excludes halogenated alkanes) is 32. The summed E-state index contributed by atoms with van der Waals surface area (Å²) >= 11 is 0. The molecule has 0 bridgehead atoms. The zero-order valence-electron chi connectivity index (χ0n) is 52.2. The van der Waals surface area contributed by atoms with Crippen LogP contribution in [0.2, 0.25) is 0 Å². The summed E-state index contributed by atoms with van der Waals surface area (Å²) in [7, 11) is 0. The van der Waals surface area contributed by atoms with Crippen LogP contribution in [0.25, 0.3) is 22.3 Å². The lowest BCUT2D eigenvalue weighted by molar-refractivity contribution is -0.108. The highest BCUT2D eigenvalue weighted by molar-refractivity contribution is 6.59. The Labute approximate surface area is 493 Å². The monoisotopic (exact) mass is 1080 g/mol. The van der Waals surface area contributed by atoms with Gasteiger partial charge in [-0.05, 0) is 70.2 Å². The fourth-order valence-corrected chi connectivity index (χ4v) is 13.1. The summed E-state index contributed by atoms with van der Waals surface area (Å²) in [6.07, 6.45) is 63.2. The molecule has 1 heteroatoms. The van der Waals surface area contributed by atoms with Gasteiger partial charge in [0, 0.05) is 27.9 Å². The molecule has 4 aromatic rings. The Balaban J connectivity index is 1.35. The van der Waals surface area contributed by atoms with Gasteiger partial charge >= 0.3 is 0 Å². The molecule has 0 aromatic heterocycles. The number of ketones is 1. The topological polar surface area (TPSA) is 17.1 Å². The maximum absolute atomic E-state index is 15.6. The van der Waals surface area contributed by atoms with Crippen LogP contribution in [-0.4, -0.2) is 5.78 Å². The molecule has 2 atom stereocenters. The second-order valence-corrected chi connectivity index (χ2v) is 24.9. The normalized spacial score (nSPS) is 13.4. The van der Waals surface area contributed by atoms with E-state index in [0.29, 0.717) is 11.8 Å².